The first kappa shape index (κ1) is 12.6. The van der Waals surface area contributed by atoms with Gasteiger partial charge in [0.15, 0.2) is 10.9 Å². The van der Waals surface area contributed by atoms with Crippen LogP contribution in [-0.2, 0) is 7.05 Å². The average molecular weight is 334 g/mol. The molecule has 5 nitrogen and oxygen atoms in total. The Morgan fingerprint density at radius 3 is 3.00 bits per heavy atom. The molecule has 0 aliphatic carbocycles. The number of thioether (sulfide) groups is 1. The van der Waals surface area contributed by atoms with Crippen molar-refractivity contribution in [1.29, 1.82) is 0 Å². The third kappa shape index (κ3) is 2.70. The number of aromatic amines is 1. The van der Waals surface area contributed by atoms with Gasteiger partial charge in [0, 0.05) is 11.5 Å². The maximum absolute atomic E-state index is 11.9. The van der Waals surface area contributed by atoms with Gasteiger partial charge in [-0.2, -0.15) is 0 Å². The topological polar surface area (TPSA) is 67.8 Å². The Balaban J connectivity index is 2.04. The molecule has 0 unspecified atom stereocenters. The summed E-state index contributed by atoms with van der Waals surface area (Å²) in [7, 11) is 1.61. The number of Topliss-reactive ketones (excluding diaryl/α,β-unsaturated/α-hetero) is 1. The van der Waals surface area contributed by atoms with Crippen LogP contribution >= 0.6 is 39.0 Å². The predicted molar refractivity (Wildman–Crippen MR) is 70.9 cm³/mol. The number of hydrogen-bond donors (Lipinski definition) is 1. The molecule has 2 rings (SSSR count). The standard InChI is InChI=1S/C9H8BrN3O2S2/c1-13-8(15)11-12-9(13)17-4-6(14)7-5(10)2-3-16-7/h2-3H,4H2,1H3,(H,11,15). The molecule has 2 aromatic rings. The molecule has 0 atom stereocenters. The number of halogens is 1. The highest BCUT2D eigenvalue weighted by Gasteiger charge is 2.14. The highest BCUT2D eigenvalue weighted by molar-refractivity contribution is 9.10. The second kappa shape index (κ2) is 5.19. The van der Waals surface area contributed by atoms with E-state index in [1.165, 1.54) is 27.7 Å². The smallest absolute Gasteiger partial charge is 0.292 e. The number of ketones is 1. The summed E-state index contributed by atoms with van der Waals surface area (Å²) in [5.41, 5.74) is -0.280. The summed E-state index contributed by atoms with van der Waals surface area (Å²) in [6, 6.07) is 1.84. The zero-order valence-electron chi connectivity index (χ0n) is 8.77. The molecule has 17 heavy (non-hydrogen) atoms. The Labute approximate surface area is 113 Å². The molecule has 0 aliphatic heterocycles. The van der Waals surface area contributed by atoms with Crippen LogP contribution in [0.5, 0.6) is 0 Å². The first-order valence-corrected chi connectivity index (χ1v) is 7.26. The van der Waals surface area contributed by atoms with Gasteiger partial charge in [0.2, 0.25) is 0 Å². The number of nitrogens with zero attached hydrogens (tertiary/aromatic N) is 2. The number of nitrogens with one attached hydrogen (secondary N) is 1. The first-order valence-electron chi connectivity index (χ1n) is 4.60. The van der Waals surface area contributed by atoms with Crippen molar-refractivity contribution in [2.45, 2.75) is 5.16 Å². The second-order valence-electron chi connectivity index (χ2n) is 3.18. The summed E-state index contributed by atoms with van der Waals surface area (Å²) in [4.78, 5) is 23.7. The lowest BCUT2D eigenvalue weighted by atomic mass is 10.3. The molecule has 0 saturated carbocycles. The van der Waals surface area contributed by atoms with E-state index in [2.05, 4.69) is 26.1 Å². The van der Waals surface area contributed by atoms with Gasteiger partial charge < -0.3 is 0 Å². The van der Waals surface area contributed by atoms with Crippen molar-refractivity contribution in [1.82, 2.24) is 14.8 Å². The van der Waals surface area contributed by atoms with Gasteiger partial charge in [0.05, 0.1) is 10.6 Å². The lowest BCUT2D eigenvalue weighted by Crippen LogP contribution is -2.13. The van der Waals surface area contributed by atoms with Crippen LogP contribution in [0.15, 0.2) is 25.9 Å². The maximum atomic E-state index is 11.9. The van der Waals surface area contributed by atoms with Crippen molar-refractivity contribution in [3.05, 3.63) is 31.3 Å². The number of carbonyl (C=O) groups is 1. The van der Waals surface area contributed by atoms with Gasteiger partial charge in [-0.1, -0.05) is 11.8 Å². The normalized spacial score (nSPS) is 10.7. The van der Waals surface area contributed by atoms with Crippen LogP contribution in [0.25, 0.3) is 0 Å². The average Bonchev–Trinajstić information content (AvgIpc) is 2.85. The Bertz CT molecular complexity index is 601. The fourth-order valence-corrected chi connectivity index (χ4v) is 3.57. The molecule has 0 radical (unpaired) electrons. The highest BCUT2D eigenvalue weighted by Crippen LogP contribution is 2.25. The second-order valence-corrected chi connectivity index (χ2v) is 5.89. The molecule has 0 amide bonds. The molecule has 0 saturated heterocycles. The van der Waals surface area contributed by atoms with Gasteiger partial charge in [-0.15, -0.1) is 16.4 Å². The minimum absolute atomic E-state index is 0.0207. The number of carbonyl (C=O) groups excluding carboxylic acids is 1. The summed E-state index contributed by atoms with van der Waals surface area (Å²) < 4.78 is 2.19. The van der Waals surface area contributed by atoms with Gasteiger partial charge >= 0.3 is 5.69 Å². The third-order valence-corrected chi connectivity index (χ3v) is 4.95. The Morgan fingerprint density at radius 1 is 1.71 bits per heavy atom. The summed E-state index contributed by atoms with van der Waals surface area (Å²) in [6.07, 6.45) is 0. The van der Waals surface area contributed by atoms with Crippen molar-refractivity contribution in [2.24, 2.45) is 7.05 Å². The quantitative estimate of drug-likeness (QED) is 0.685. The van der Waals surface area contributed by atoms with Crippen molar-refractivity contribution >= 4 is 44.8 Å². The largest absolute Gasteiger partial charge is 0.343 e. The Hall–Kier alpha value is -0.860. The minimum Gasteiger partial charge on any atom is -0.292 e. The van der Waals surface area contributed by atoms with Crippen molar-refractivity contribution < 1.29 is 4.79 Å². The third-order valence-electron chi connectivity index (χ3n) is 2.04. The van der Waals surface area contributed by atoms with Crippen LogP contribution < -0.4 is 5.69 Å². The van der Waals surface area contributed by atoms with E-state index in [0.29, 0.717) is 10.0 Å². The fraction of sp³-hybridized carbons (Fsp3) is 0.222. The molecule has 0 spiro atoms. The summed E-state index contributed by atoms with van der Waals surface area (Å²) in [5, 5.41) is 8.51. The lowest BCUT2D eigenvalue weighted by Gasteiger charge is -1.98. The molecule has 0 fully saturated rings. The SMILES string of the molecule is Cn1c(SCC(=O)c2sccc2Br)n[nH]c1=O. The van der Waals surface area contributed by atoms with Crippen LogP contribution in [0, 0.1) is 0 Å². The molecule has 0 aromatic carbocycles. The first-order chi connectivity index (χ1) is 8.09. The molecule has 2 heterocycles. The molecule has 90 valence electrons. The lowest BCUT2D eigenvalue weighted by molar-refractivity contribution is 0.102. The molecular formula is C9H8BrN3O2S2. The summed E-state index contributed by atoms with van der Waals surface area (Å²) >= 11 is 5.95. The van der Waals surface area contributed by atoms with Gasteiger partial charge in [0.1, 0.15) is 0 Å². The fourth-order valence-electron chi connectivity index (χ4n) is 1.15. The van der Waals surface area contributed by atoms with E-state index in [1.807, 2.05) is 11.4 Å². The maximum Gasteiger partial charge on any atom is 0.343 e. The van der Waals surface area contributed by atoms with Crippen LogP contribution in [0.3, 0.4) is 0 Å². The molecule has 0 aliphatic rings. The van der Waals surface area contributed by atoms with Crippen molar-refractivity contribution in [3.63, 3.8) is 0 Å². The van der Waals surface area contributed by atoms with Crippen LogP contribution in [0.1, 0.15) is 9.67 Å². The zero-order chi connectivity index (χ0) is 12.4. The van der Waals surface area contributed by atoms with E-state index in [-0.39, 0.29) is 17.2 Å². The van der Waals surface area contributed by atoms with Crippen LogP contribution in [0.2, 0.25) is 0 Å². The Kier molecular flexibility index (Phi) is 3.85. The molecule has 2 aromatic heterocycles. The van der Waals surface area contributed by atoms with Crippen molar-refractivity contribution in [2.75, 3.05) is 5.75 Å². The number of rotatable bonds is 4. The van der Waals surface area contributed by atoms with E-state index >= 15 is 0 Å². The van der Waals surface area contributed by atoms with Gasteiger partial charge in [0.25, 0.3) is 0 Å². The minimum atomic E-state index is -0.280. The molecular weight excluding hydrogens is 326 g/mol. The van der Waals surface area contributed by atoms with E-state index in [0.717, 1.165) is 4.47 Å². The van der Waals surface area contributed by atoms with E-state index in [1.54, 1.807) is 7.05 Å². The Morgan fingerprint density at radius 2 is 2.47 bits per heavy atom. The van der Waals surface area contributed by atoms with Gasteiger partial charge in [-0.3, -0.25) is 9.36 Å². The van der Waals surface area contributed by atoms with Crippen LogP contribution in [-0.4, -0.2) is 26.3 Å². The molecule has 8 heteroatoms. The number of thiophene rings is 1. The summed E-state index contributed by atoms with van der Waals surface area (Å²) in [6.45, 7) is 0. The number of H-pyrrole nitrogens is 1. The van der Waals surface area contributed by atoms with Crippen molar-refractivity contribution in [3.8, 4) is 0 Å². The van der Waals surface area contributed by atoms with E-state index in [9.17, 15) is 9.59 Å². The van der Waals surface area contributed by atoms with E-state index < -0.39 is 0 Å². The highest BCUT2D eigenvalue weighted by atomic mass is 79.9. The van der Waals surface area contributed by atoms with Gasteiger partial charge in [-0.25, -0.2) is 9.89 Å². The molecule has 0 bridgehead atoms. The monoisotopic (exact) mass is 333 g/mol. The van der Waals surface area contributed by atoms with E-state index in [4.69, 9.17) is 0 Å². The molecule has 1 N–H and O–H groups in total. The number of aromatic nitrogens is 3. The summed E-state index contributed by atoms with van der Waals surface area (Å²) in [5.74, 6) is 0.282. The van der Waals surface area contributed by atoms with Gasteiger partial charge in [-0.05, 0) is 27.4 Å². The number of hydrogen-bond acceptors (Lipinski definition) is 5. The predicted octanol–water partition coefficient (Wildman–Crippen LogP) is 1.91. The zero-order valence-corrected chi connectivity index (χ0v) is 12.0. The van der Waals surface area contributed by atoms with Crippen LogP contribution in [0.4, 0.5) is 0 Å².